The van der Waals surface area contributed by atoms with Crippen LogP contribution in [-0.4, -0.2) is 24.5 Å². The molecule has 1 aromatic heterocycles. The normalized spacial score (nSPS) is 16.6. The first-order chi connectivity index (χ1) is 15.0. The van der Waals surface area contributed by atoms with Crippen LogP contribution in [0.1, 0.15) is 38.6 Å². The molecule has 0 unspecified atom stereocenters. The maximum absolute atomic E-state index is 13.0. The van der Waals surface area contributed by atoms with Gasteiger partial charge in [0, 0.05) is 19.2 Å². The van der Waals surface area contributed by atoms with Crippen LogP contribution in [0.25, 0.3) is 6.08 Å². The zero-order chi connectivity index (χ0) is 21.5. The summed E-state index contributed by atoms with van der Waals surface area (Å²) in [6.07, 6.45) is 1.65. The number of carbonyl (C=O) groups excluding carboxylic acids is 1. The number of hydrogen-bond acceptors (Lipinski definition) is 6. The molecule has 2 aliphatic heterocycles. The monoisotopic (exact) mass is 417 g/mol. The first kappa shape index (κ1) is 19.5. The molecule has 0 radical (unpaired) electrons. The quantitative estimate of drug-likeness (QED) is 0.564. The smallest absolute Gasteiger partial charge is 0.232 e. The average Bonchev–Trinajstić information content (AvgIpc) is 3.33. The highest BCUT2D eigenvalue weighted by Gasteiger charge is 2.35. The summed E-state index contributed by atoms with van der Waals surface area (Å²) < 4.78 is 22.9. The Bertz CT molecular complexity index is 1190. The van der Waals surface area contributed by atoms with Gasteiger partial charge in [0.1, 0.15) is 35.5 Å². The Kier molecular flexibility index (Phi) is 4.79. The average molecular weight is 417 g/mol. The SMILES string of the molecule is COc1ccc(CN2COc3cc(C)c4c(c3C2)O/C(=C\c2ccc(C)o2)C4=O)cc1. The standard InChI is InChI=1S/C25H23NO5/c1-15-10-21-20(13-26(14-29-21)12-17-5-8-18(28-3)9-6-17)25-23(15)24(27)22(31-25)11-19-7-4-16(2)30-19/h4-11H,12-14H2,1-3H3/b22-11-. The van der Waals surface area contributed by atoms with Crippen molar-refractivity contribution in [3.63, 3.8) is 0 Å². The van der Waals surface area contributed by atoms with Gasteiger partial charge in [0.2, 0.25) is 5.78 Å². The molecule has 0 fully saturated rings. The van der Waals surface area contributed by atoms with Crippen molar-refractivity contribution < 1.29 is 23.4 Å². The van der Waals surface area contributed by atoms with Gasteiger partial charge in [0.25, 0.3) is 0 Å². The lowest BCUT2D eigenvalue weighted by Gasteiger charge is -2.30. The van der Waals surface area contributed by atoms with Gasteiger partial charge in [-0.15, -0.1) is 0 Å². The second-order valence-corrected chi connectivity index (χ2v) is 7.87. The highest BCUT2D eigenvalue weighted by molar-refractivity contribution is 6.15. The Labute approximate surface area is 180 Å². The number of fused-ring (bicyclic) bond motifs is 3. The predicted octanol–water partition coefficient (Wildman–Crippen LogP) is 4.87. The Balaban J connectivity index is 1.43. The molecule has 5 rings (SSSR count). The zero-order valence-electron chi connectivity index (χ0n) is 17.7. The lowest BCUT2D eigenvalue weighted by Crippen LogP contribution is -2.31. The van der Waals surface area contributed by atoms with Crippen molar-refractivity contribution in [2.75, 3.05) is 13.8 Å². The molecule has 31 heavy (non-hydrogen) atoms. The van der Waals surface area contributed by atoms with E-state index in [2.05, 4.69) is 4.90 Å². The topological polar surface area (TPSA) is 61.1 Å². The molecule has 2 aliphatic rings. The lowest BCUT2D eigenvalue weighted by atomic mass is 9.98. The number of ketones is 1. The number of ether oxygens (including phenoxy) is 3. The van der Waals surface area contributed by atoms with Gasteiger partial charge in [-0.1, -0.05) is 12.1 Å². The Morgan fingerprint density at radius 3 is 2.65 bits per heavy atom. The molecule has 2 aromatic carbocycles. The fourth-order valence-electron chi connectivity index (χ4n) is 4.03. The van der Waals surface area contributed by atoms with Crippen LogP contribution in [0.4, 0.5) is 0 Å². The molecule has 0 aliphatic carbocycles. The molecule has 0 spiro atoms. The minimum atomic E-state index is -0.128. The van der Waals surface area contributed by atoms with Crippen LogP contribution in [0.5, 0.6) is 17.2 Å². The van der Waals surface area contributed by atoms with E-state index < -0.39 is 0 Å². The highest BCUT2D eigenvalue weighted by atomic mass is 16.5. The third-order valence-electron chi connectivity index (χ3n) is 5.59. The predicted molar refractivity (Wildman–Crippen MR) is 115 cm³/mol. The summed E-state index contributed by atoms with van der Waals surface area (Å²) >= 11 is 0. The zero-order valence-corrected chi connectivity index (χ0v) is 17.7. The van der Waals surface area contributed by atoms with Crippen molar-refractivity contribution in [1.29, 1.82) is 0 Å². The molecule has 0 bridgehead atoms. The van der Waals surface area contributed by atoms with Crippen LogP contribution in [0.3, 0.4) is 0 Å². The number of Topliss-reactive ketones (excluding diaryl/α,β-unsaturated/α-hetero) is 1. The summed E-state index contributed by atoms with van der Waals surface area (Å²) in [5.41, 5.74) is 3.50. The van der Waals surface area contributed by atoms with Crippen LogP contribution in [0, 0.1) is 13.8 Å². The third kappa shape index (κ3) is 3.59. The number of methoxy groups -OCH3 is 1. The van der Waals surface area contributed by atoms with Crippen molar-refractivity contribution >= 4 is 11.9 Å². The van der Waals surface area contributed by atoms with E-state index >= 15 is 0 Å². The summed E-state index contributed by atoms with van der Waals surface area (Å²) in [6.45, 7) is 5.59. The summed E-state index contributed by atoms with van der Waals surface area (Å²) in [4.78, 5) is 15.2. The van der Waals surface area contributed by atoms with Gasteiger partial charge in [-0.2, -0.15) is 0 Å². The summed E-state index contributed by atoms with van der Waals surface area (Å²) in [7, 11) is 1.66. The Morgan fingerprint density at radius 2 is 1.94 bits per heavy atom. The molecule has 6 heteroatoms. The van der Waals surface area contributed by atoms with E-state index in [4.69, 9.17) is 18.6 Å². The van der Waals surface area contributed by atoms with Gasteiger partial charge in [-0.3, -0.25) is 9.69 Å². The molecule has 158 valence electrons. The first-order valence-corrected chi connectivity index (χ1v) is 10.2. The van der Waals surface area contributed by atoms with Crippen LogP contribution in [0.2, 0.25) is 0 Å². The number of hydrogen-bond donors (Lipinski definition) is 0. The number of aryl methyl sites for hydroxylation is 2. The number of benzene rings is 2. The van der Waals surface area contributed by atoms with Crippen molar-refractivity contribution in [1.82, 2.24) is 4.90 Å². The summed E-state index contributed by atoms with van der Waals surface area (Å²) in [5, 5.41) is 0. The van der Waals surface area contributed by atoms with Crippen molar-refractivity contribution in [3.05, 3.63) is 82.0 Å². The molecule has 0 atom stereocenters. The molecular formula is C25H23NO5. The highest BCUT2D eigenvalue weighted by Crippen LogP contribution is 2.44. The number of rotatable bonds is 4. The van der Waals surface area contributed by atoms with E-state index in [0.29, 0.717) is 36.9 Å². The van der Waals surface area contributed by atoms with Crippen molar-refractivity contribution in [3.8, 4) is 17.2 Å². The first-order valence-electron chi connectivity index (χ1n) is 10.2. The second-order valence-electron chi connectivity index (χ2n) is 7.87. The van der Waals surface area contributed by atoms with E-state index in [1.807, 2.05) is 56.3 Å². The number of carbonyl (C=O) groups is 1. The van der Waals surface area contributed by atoms with Crippen LogP contribution in [-0.2, 0) is 13.1 Å². The van der Waals surface area contributed by atoms with E-state index in [1.54, 1.807) is 13.2 Å². The third-order valence-corrected chi connectivity index (χ3v) is 5.59. The number of furan rings is 1. The Morgan fingerprint density at radius 1 is 1.13 bits per heavy atom. The molecular weight excluding hydrogens is 394 g/mol. The van der Waals surface area contributed by atoms with Crippen LogP contribution in [0.15, 0.2) is 52.6 Å². The molecule has 0 amide bonds. The van der Waals surface area contributed by atoms with E-state index in [9.17, 15) is 4.79 Å². The molecule has 3 aromatic rings. The molecule has 0 saturated carbocycles. The minimum absolute atomic E-state index is 0.128. The minimum Gasteiger partial charge on any atom is -0.497 e. The lowest BCUT2D eigenvalue weighted by molar-refractivity contribution is 0.0872. The van der Waals surface area contributed by atoms with Crippen molar-refractivity contribution in [2.24, 2.45) is 0 Å². The van der Waals surface area contributed by atoms with E-state index in [0.717, 1.165) is 33.9 Å². The molecule has 0 saturated heterocycles. The van der Waals surface area contributed by atoms with Gasteiger partial charge in [0.05, 0.1) is 18.2 Å². The van der Waals surface area contributed by atoms with E-state index in [1.165, 1.54) is 0 Å². The maximum atomic E-state index is 13.0. The van der Waals surface area contributed by atoms with Gasteiger partial charge in [0.15, 0.2) is 5.76 Å². The van der Waals surface area contributed by atoms with Crippen LogP contribution >= 0.6 is 0 Å². The largest absolute Gasteiger partial charge is 0.497 e. The second kappa shape index (κ2) is 7.63. The fraction of sp³-hybridized carbons (Fsp3) is 0.240. The fourth-order valence-corrected chi connectivity index (χ4v) is 4.03. The van der Waals surface area contributed by atoms with Crippen LogP contribution < -0.4 is 14.2 Å². The molecule has 0 N–H and O–H groups in total. The van der Waals surface area contributed by atoms with Gasteiger partial charge in [-0.25, -0.2) is 0 Å². The molecule has 6 nitrogen and oxygen atoms in total. The maximum Gasteiger partial charge on any atom is 0.232 e. The van der Waals surface area contributed by atoms with Crippen molar-refractivity contribution in [2.45, 2.75) is 26.9 Å². The summed E-state index contributed by atoms with van der Waals surface area (Å²) in [6, 6.07) is 13.6. The Hall–Kier alpha value is -3.51. The summed E-state index contributed by atoms with van der Waals surface area (Å²) in [5.74, 6) is 3.71. The number of allylic oxidation sites excluding steroid dienone is 1. The van der Waals surface area contributed by atoms with Gasteiger partial charge >= 0.3 is 0 Å². The van der Waals surface area contributed by atoms with Gasteiger partial charge < -0.3 is 18.6 Å². The van der Waals surface area contributed by atoms with E-state index in [-0.39, 0.29) is 11.5 Å². The van der Waals surface area contributed by atoms with Gasteiger partial charge in [-0.05, 0) is 55.3 Å². The number of nitrogens with zero attached hydrogens (tertiary/aromatic N) is 1. The molecule has 3 heterocycles.